The first-order valence-corrected chi connectivity index (χ1v) is 11.1. The van der Waals surface area contributed by atoms with Crippen LogP contribution < -0.4 is 19.9 Å². The van der Waals surface area contributed by atoms with E-state index in [9.17, 15) is 14.4 Å². The van der Waals surface area contributed by atoms with Gasteiger partial charge in [-0.15, -0.1) is 0 Å². The Morgan fingerprint density at radius 1 is 1.15 bits per heavy atom. The molecule has 0 aliphatic carbocycles. The number of carbonyl (C=O) groups excluding carboxylic acids is 3. The summed E-state index contributed by atoms with van der Waals surface area (Å²) < 4.78 is 5.48. The largest absolute Gasteiger partial charge is 0.494 e. The molecule has 1 saturated heterocycles. The fourth-order valence-corrected chi connectivity index (χ4v) is 4.62. The Kier molecular flexibility index (Phi) is 5.74. The molecule has 2 aliphatic rings. The summed E-state index contributed by atoms with van der Waals surface area (Å²) in [6.07, 6.45) is 2.55. The summed E-state index contributed by atoms with van der Waals surface area (Å²) in [5.74, 6) is -0.499. The van der Waals surface area contributed by atoms with E-state index < -0.39 is 17.8 Å². The van der Waals surface area contributed by atoms with Crippen LogP contribution in [0, 0.1) is 0 Å². The lowest BCUT2D eigenvalue weighted by molar-refractivity contribution is -0.122. The molecule has 1 fully saturated rings. The van der Waals surface area contributed by atoms with Gasteiger partial charge in [-0.05, 0) is 74.6 Å². The van der Waals surface area contributed by atoms with E-state index in [4.69, 9.17) is 4.74 Å². The summed E-state index contributed by atoms with van der Waals surface area (Å²) in [4.78, 5) is 41.6. The topological polar surface area (TPSA) is 79.0 Å². The van der Waals surface area contributed by atoms with E-state index >= 15 is 0 Å². The zero-order valence-electron chi connectivity index (χ0n) is 19.6. The standard InChI is InChI=1S/C26H29N3O4/c1-6-33-19-9-7-8-18(14-19)29-24(31)21(23(30)27-25(29)32)13-17-10-11-22-20(12-17)16(2)15-26(3,4)28(22)5/h7-14,16H,6,15H2,1-5H3,(H,27,30,32)/b21-13+/t16-/m1/s1. The lowest BCUT2D eigenvalue weighted by atomic mass is 9.80. The zero-order valence-corrected chi connectivity index (χ0v) is 19.6. The Balaban J connectivity index is 1.70. The highest BCUT2D eigenvalue weighted by molar-refractivity contribution is 6.39. The number of rotatable bonds is 4. The molecule has 172 valence electrons. The van der Waals surface area contributed by atoms with Crippen molar-refractivity contribution in [2.75, 3.05) is 23.5 Å². The number of hydrogen-bond acceptors (Lipinski definition) is 5. The monoisotopic (exact) mass is 447 g/mol. The van der Waals surface area contributed by atoms with Crippen LogP contribution in [0.4, 0.5) is 16.2 Å². The lowest BCUT2D eigenvalue weighted by Crippen LogP contribution is -2.54. The molecule has 2 aromatic carbocycles. The Labute approximate surface area is 194 Å². The predicted octanol–water partition coefficient (Wildman–Crippen LogP) is 4.47. The maximum absolute atomic E-state index is 13.2. The van der Waals surface area contributed by atoms with Gasteiger partial charge in [0.05, 0.1) is 12.3 Å². The number of carbonyl (C=O) groups is 3. The van der Waals surface area contributed by atoms with Crippen LogP contribution in [0.1, 0.15) is 51.2 Å². The number of anilines is 2. The van der Waals surface area contributed by atoms with Gasteiger partial charge in [0.2, 0.25) is 0 Å². The summed E-state index contributed by atoms with van der Waals surface area (Å²) in [5, 5.41) is 2.28. The number of hydrogen-bond donors (Lipinski definition) is 1. The second-order valence-electron chi connectivity index (χ2n) is 9.18. The third kappa shape index (κ3) is 4.11. The minimum Gasteiger partial charge on any atom is -0.494 e. The number of amides is 4. The van der Waals surface area contributed by atoms with Gasteiger partial charge in [-0.1, -0.05) is 19.1 Å². The van der Waals surface area contributed by atoms with Crippen molar-refractivity contribution in [3.63, 3.8) is 0 Å². The Bertz CT molecular complexity index is 1170. The first-order valence-electron chi connectivity index (χ1n) is 11.1. The molecule has 2 aliphatic heterocycles. The summed E-state index contributed by atoms with van der Waals surface area (Å²) in [5.41, 5.74) is 3.35. The van der Waals surface area contributed by atoms with Gasteiger partial charge in [0.1, 0.15) is 11.3 Å². The molecule has 33 heavy (non-hydrogen) atoms. The highest BCUT2D eigenvalue weighted by atomic mass is 16.5. The average Bonchev–Trinajstić information content (AvgIpc) is 2.75. The number of barbiturate groups is 1. The number of ether oxygens (including phenoxy) is 1. The molecule has 4 rings (SSSR count). The van der Waals surface area contributed by atoms with E-state index in [1.807, 2.05) is 25.1 Å². The van der Waals surface area contributed by atoms with Crippen LogP contribution in [0.5, 0.6) is 5.75 Å². The molecular formula is C26H29N3O4. The first kappa shape index (κ1) is 22.6. The molecule has 0 spiro atoms. The summed E-state index contributed by atoms with van der Waals surface area (Å²) in [6.45, 7) is 8.94. The first-order chi connectivity index (χ1) is 15.6. The Hall–Kier alpha value is -3.61. The Morgan fingerprint density at radius 3 is 2.64 bits per heavy atom. The summed E-state index contributed by atoms with van der Waals surface area (Å²) >= 11 is 0. The summed E-state index contributed by atoms with van der Waals surface area (Å²) in [6, 6.07) is 11.8. The number of benzene rings is 2. The van der Waals surface area contributed by atoms with Gasteiger partial charge in [0, 0.05) is 24.3 Å². The second-order valence-corrected chi connectivity index (χ2v) is 9.18. The van der Waals surface area contributed by atoms with Gasteiger partial charge >= 0.3 is 6.03 Å². The molecule has 0 saturated carbocycles. The number of nitrogens with zero attached hydrogens (tertiary/aromatic N) is 2. The smallest absolute Gasteiger partial charge is 0.335 e. The van der Waals surface area contributed by atoms with Crippen LogP contribution >= 0.6 is 0 Å². The highest BCUT2D eigenvalue weighted by Crippen LogP contribution is 2.42. The minimum absolute atomic E-state index is 0.0442. The van der Waals surface area contributed by atoms with Crippen molar-refractivity contribution in [3.8, 4) is 5.75 Å². The third-order valence-corrected chi connectivity index (χ3v) is 6.46. The molecule has 1 atom stereocenters. The van der Waals surface area contributed by atoms with Gasteiger partial charge < -0.3 is 9.64 Å². The Morgan fingerprint density at radius 2 is 1.91 bits per heavy atom. The van der Waals surface area contributed by atoms with Gasteiger partial charge in [-0.25, -0.2) is 9.69 Å². The maximum atomic E-state index is 13.2. The van der Waals surface area contributed by atoms with Gasteiger partial charge in [0.25, 0.3) is 11.8 Å². The van der Waals surface area contributed by atoms with Crippen LogP contribution in [0.3, 0.4) is 0 Å². The van der Waals surface area contributed by atoms with E-state index in [-0.39, 0.29) is 11.1 Å². The molecule has 1 N–H and O–H groups in total. The van der Waals surface area contributed by atoms with Crippen molar-refractivity contribution < 1.29 is 19.1 Å². The molecule has 0 aromatic heterocycles. The fourth-order valence-electron chi connectivity index (χ4n) is 4.62. The van der Waals surface area contributed by atoms with Crippen LogP contribution in [0.15, 0.2) is 48.0 Å². The minimum atomic E-state index is -0.779. The zero-order chi connectivity index (χ0) is 23.9. The molecule has 7 nitrogen and oxygen atoms in total. The van der Waals surface area contributed by atoms with E-state index in [1.54, 1.807) is 30.3 Å². The lowest BCUT2D eigenvalue weighted by Gasteiger charge is -2.45. The molecule has 4 amide bonds. The van der Waals surface area contributed by atoms with E-state index in [0.717, 1.165) is 22.6 Å². The van der Waals surface area contributed by atoms with Crippen molar-refractivity contribution in [1.82, 2.24) is 5.32 Å². The molecule has 0 bridgehead atoms. The number of urea groups is 1. The average molecular weight is 448 g/mol. The molecule has 2 heterocycles. The molecule has 2 aromatic rings. The van der Waals surface area contributed by atoms with Crippen LogP contribution in [0.2, 0.25) is 0 Å². The van der Waals surface area contributed by atoms with Gasteiger partial charge in [-0.3, -0.25) is 14.9 Å². The fraction of sp³-hybridized carbons (Fsp3) is 0.346. The maximum Gasteiger partial charge on any atom is 0.335 e. The van der Waals surface area contributed by atoms with Crippen LogP contribution in [-0.2, 0) is 9.59 Å². The van der Waals surface area contributed by atoms with Crippen molar-refractivity contribution in [3.05, 3.63) is 59.2 Å². The quantitative estimate of drug-likeness (QED) is 0.553. The normalized spacial score (nSPS) is 21.2. The number of fused-ring (bicyclic) bond motifs is 1. The molecule has 0 radical (unpaired) electrons. The SMILES string of the molecule is CCOc1cccc(N2C(=O)NC(=O)/C(=C\c3ccc4c(c3)[C@H](C)CC(C)(C)N4C)C2=O)c1. The molecular weight excluding hydrogens is 418 g/mol. The number of nitrogens with one attached hydrogen (secondary N) is 1. The molecule has 0 unspecified atom stereocenters. The van der Waals surface area contributed by atoms with Crippen molar-refractivity contribution in [2.24, 2.45) is 0 Å². The van der Waals surface area contributed by atoms with Crippen LogP contribution in [0.25, 0.3) is 6.08 Å². The van der Waals surface area contributed by atoms with Crippen molar-refractivity contribution >= 4 is 35.3 Å². The van der Waals surface area contributed by atoms with E-state index in [1.165, 1.54) is 5.56 Å². The second kappa shape index (κ2) is 8.39. The predicted molar refractivity (Wildman–Crippen MR) is 129 cm³/mol. The van der Waals surface area contributed by atoms with Crippen molar-refractivity contribution in [1.29, 1.82) is 0 Å². The van der Waals surface area contributed by atoms with Gasteiger partial charge in [-0.2, -0.15) is 0 Å². The third-order valence-electron chi connectivity index (χ3n) is 6.46. The molecule has 7 heteroatoms. The van der Waals surface area contributed by atoms with E-state index in [0.29, 0.717) is 24.0 Å². The van der Waals surface area contributed by atoms with Crippen molar-refractivity contribution in [2.45, 2.75) is 45.6 Å². The van der Waals surface area contributed by atoms with E-state index in [2.05, 4.69) is 38.0 Å². The highest BCUT2D eigenvalue weighted by Gasteiger charge is 2.37. The van der Waals surface area contributed by atoms with Crippen LogP contribution in [-0.4, -0.2) is 37.0 Å². The summed E-state index contributed by atoms with van der Waals surface area (Å²) in [7, 11) is 2.08. The number of imide groups is 2. The van der Waals surface area contributed by atoms with Gasteiger partial charge in [0.15, 0.2) is 0 Å².